The van der Waals surface area contributed by atoms with Gasteiger partial charge in [-0.05, 0) is 25.1 Å². The monoisotopic (exact) mass is 437 g/mol. The van der Waals surface area contributed by atoms with Gasteiger partial charge in [0.2, 0.25) is 0 Å². The molecule has 0 unspecified atom stereocenters. The Labute approximate surface area is 186 Å². The molecule has 0 bridgehead atoms. The molecule has 32 heavy (non-hydrogen) atoms. The first-order chi connectivity index (χ1) is 15.6. The summed E-state index contributed by atoms with van der Waals surface area (Å²) in [6.45, 7) is 4.46. The zero-order chi connectivity index (χ0) is 22.7. The molecule has 8 heteroatoms. The maximum Gasteiger partial charge on any atom is 0.275 e. The van der Waals surface area contributed by atoms with Crippen molar-refractivity contribution in [3.8, 4) is 22.6 Å². The molecule has 0 atom stereocenters. The second kappa shape index (κ2) is 9.32. The van der Waals surface area contributed by atoms with Crippen LogP contribution in [0.15, 0.2) is 47.5 Å². The lowest BCUT2D eigenvalue weighted by Gasteiger charge is -2.27. The minimum Gasteiger partial charge on any atom is -0.496 e. The van der Waals surface area contributed by atoms with Crippen molar-refractivity contribution in [2.45, 2.75) is 13.5 Å². The average Bonchev–Trinajstić information content (AvgIpc) is 3.33. The van der Waals surface area contributed by atoms with Crippen LogP contribution in [0.3, 0.4) is 0 Å². The molecule has 8 nitrogen and oxygen atoms in total. The molecule has 1 amide bonds. The Balaban J connectivity index is 1.88. The zero-order valence-corrected chi connectivity index (χ0v) is 18.5. The van der Waals surface area contributed by atoms with Crippen LogP contribution in [0, 0.1) is 0 Å². The van der Waals surface area contributed by atoms with Crippen LogP contribution in [0.4, 0.5) is 0 Å². The van der Waals surface area contributed by atoms with E-state index in [0.29, 0.717) is 55.4 Å². The zero-order valence-electron chi connectivity index (χ0n) is 18.5. The number of ether oxygens (including phenoxy) is 3. The number of allylic oxidation sites excluding steroid dienone is 2. The highest BCUT2D eigenvalue weighted by Crippen LogP contribution is 2.39. The summed E-state index contributed by atoms with van der Waals surface area (Å²) in [5.74, 6) is 0.855. The minimum absolute atomic E-state index is 0.100. The number of benzene rings is 1. The average molecular weight is 437 g/mol. The highest BCUT2D eigenvalue weighted by atomic mass is 16.5. The van der Waals surface area contributed by atoms with Gasteiger partial charge in [0, 0.05) is 48.5 Å². The van der Waals surface area contributed by atoms with Crippen LogP contribution in [0.25, 0.3) is 22.0 Å². The molecule has 1 aromatic carbocycles. The molecule has 3 heterocycles. The van der Waals surface area contributed by atoms with Crippen LogP contribution in [-0.4, -0.2) is 60.9 Å². The van der Waals surface area contributed by atoms with Gasteiger partial charge < -0.3 is 28.7 Å². The standard InChI is InChI=1S/C24H27N3O5/c1-4-5-8-27-15-19(16-6-7-25-22(16)24(27)29)17-13-21(31-3)18(14-20(17)30-2)23(28)26-9-11-32-12-10-26/h4-7,13-15,25H,8-12H2,1-3H3. The minimum atomic E-state index is -0.125. The third-order valence-electron chi connectivity index (χ3n) is 5.68. The number of aromatic amines is 1. The smallest absolute Gasteiger partial charge is 0.275 e. The molecule has 4 rings (SSSR count). The van der Waals surface area contributed by atoms with Crippen LogP contribution >= 0.6 is 0 Å². The summed E-state index contributed by atoms with van der Waals surface area (Å²) < 4.78 is 18.3. The van der Waals surface area contributed by atoms with Gasteiger partial charge in [0.1, 0.15) is 17.0 Å². The third kappa shape index (κ3) is 3.89. The Morgan fingerprint density at radius 3 is 2.59 bits per heavy atom. The van der Waals surface area contributed by atoms with Gasteiger partial charge in [0.05, 0.1) is 33.0 Å². The maximum absolute atomic E-state index is 13.2. The Hall–Kier alpha value is -3.52. The number of aromatic nitrogens is 2. The van der Waals surface area contributed by atoms with Gasteiger partial charge in [0.25, 0.3) is 11.5 Å². The third-order valence-corrected chi connectivity index (χ3v) is 5.68. The number of pyridine rings is 1. The van der Waals surface area contributed by atoms with Crippen molar-refractivity contribution in [3.63, 3.8) is 0 Å². The molecule has 1 saturated heterocycles. The fraction of sp³-hybridized carbons (Fsp3) is 0.333. The number of hydrogen-bond donors (Lipinski definition) is 1. The fourth-order valence-corrected chi connectivity index (χ4v) is 3.98. The molecule has 0 aliphatic carbocycles. The number of amides is 1. The van der Waals surface area contributed by atoms with E-state index in [4.69, 9.17) is 14.2 Å². The quantitative estimate of drug-likeness (QED) is 0.599. The first kappa shape index (κ1) is 21.7. The van der Waals surface area contributed by atoms with Crippen LogP contribution in [0.5, 0.6) is 11.5 Å². The lowest BCUT2D eigenvalue weighted by Crippen LogP contribution is -2.40. The molecule has 0 spiro atoms. The number of nitrogens with zero attached hydrogens (tertiary/aromatic N) is 2. The molecule has 3 aromatic rings. The first-order valence-electron chi connectivity index (χ1n) is 10.5. The van der Waals surface area contributed by atoms with Crippen LogP contribution in [0.2, 0.25) is 0 Å². The summed E-state index contributed by atoms with van der Waals surface area (Å²) in [5, 5.41) is 0.777. The van der Waals surface area contributed by atoms with Crippen molar-refractivity contribution in [2.75, 3.05) is 40.5 Å². The molecule has 0 radical (unpaired) electrons. The second-order valence-electron chi connectivity index (χ2n) is 7.49. The number of carbonyl (C=O) groups is 1. The van der Waals surface area contributed by atoms with E-state index in [1.54, 1.807) is 42.0 Å². The van der Waals surface area contributed by atoms with E-state index in [1.807, 2.05) is 31.3 Å². The number of methoxy groups -OCH3 is 2. The van der Waals surface area contributed by atoms with Crippen molar-refractivity contribution in [3.05, 3.63) is 58.7 Å². The molecular weight excluding hydrogens is 410 g/mol. The largest absolute Gasteiger partial charge is 0.496 e. The van der Waals surface area contributed by atoms with Gasteiger partial charge in [-0.3, -0.25) is 9.59 Å². The van der Waals surface area contributed by atoms with E-state index >= 15 is 0 Å². The van der Waals surface area contributed by atoms with E-state index in [2.05, 4.69) is 4.98 Å². The van der Waals surface area contributed by atoms with Crippen molar-refractivity contribution in [2.24, 2.45) is 0 Å². The molecule has 1 N–H and O–H groups in total. The van der Waals surface area contributed by atoms with Gasteiger partial charge in [-0.1, -0.05) is 12.2 Å². The number of H-pyrrole nitrogens is 1. The summed E-state index contributed by atoms with van der Waals surface area (Å²) in [6, 6.07) is 5.38. The van der Waals surface area contributed by atoms with Gasteiger partial charge in [-0.2, -0.15) is 0 Å². The number of rotatable bonds is 6. The highest BCUT2D eigenvalue weighted by Gasteiger charge is 2.25. The predicted molar refractivity (Wildman–Crippen MR) is 123 cm³/mol. The second-order valence-corrected chi connectivity index (χ2v) is 7.49. The molecular formula is C24H27N3O5. The number of hydrogen-bond acceptors (Lipinski definition) is 5. The first-order valence-corrected chi connectivity index (χ1v) is 10.5. The van der Waals surface area contributed by atoms with Gasteiger partial charge in [-0.25, -0.2) is 0 Å². The molecule has 0 saturated carbocycles. The maximum atomic E-state index is 13.2. The van der Waals surface area contributed by atoms with Gasteiger partial charge >= 0.3 is 0 Å². The normalized spacial score (nSPS) is 14.3. The SMILES string of the molecule is CC=CCn1cc(-c2cc(OC)c(C(=O)N3CCOCC3)cc2OC)c2cc[nH]c2c1=O. The van der Waals surface area contributed by atoms with Crippen LogP contribution < -0.4 is 15.0 Å². The Kier molecular flexibility index (Phi) is 6.32. The van der Waals surface area contributed by atoms with Crippen molar-refractivity contribution in [1.29, 1.82) is 0 Å². The Morgan fingerprint density at radius 2 is 1.91 bits per heavy atom. The van der Waals surface area contributed by atoms with Gasteiger partial charge in [0.15, 0.2) is 0 Å². The van der Waals surface area contributed by atoms with E-state index in [-0.39, 0.29) is 11.5 Å². The highest BCUT2D eigenvalue weighted by molar-refractivity contribution is 6.01. The number of nitrogens with one attached hydrogen (secondary N) is 1. The number of carbonyl (C=O) groups excluding carboxylic acids is 1. The molecule has 1 aliphatic heterocycles. The van der Waals surface area contributed by atoms with E-state index in [0.717, 1.165) is 16.5 Å². The molecule has 168 valence electrons. The van der Waals surface area contributed by atoms with Crippen LogP contribution in [-0.2, 0) is 11.3 Å². The number of fused-ring (bicyclic) bond motifs is 1. The predicted octanol–water partition coefficient (Wildman–Crippen LogP) is 3.06. The fourth-order valence-electron chi connectivity index (χ4n) is 3.98. The Bertz CT molecular complexity index is 1220. The van der Waals surface area contributed by atoms with Crippen molar-refractivity contribution in [1.82, 2.24) is 14.5 Å². The topological polar surface area (TPSA) is 85.8 Å². The van der Waals surface area contributed by atoms with Gasteiger partial charge in [-0.15, -0.1) is 0 Å². The van der Waals surface area contributed by atoms with E-state index in [1.165, 1.54) is 0 Å². The van der Waals surface area contributed by atoms with Crippen molar-refractivity contribution >= 4 is 16.8 Å². The number of morpholine rings is 1. The van der Waals surface area contributed by atoms with E-state index < -0.39 is 0 Å². The summed E-state index contributed by atoms with van der Waals surface area (Å²) in [5.41, 5.74) is 2.40. The lowest BCUT2D eigenvalue weighted by molar-refractivity contribution is 0.0300. The summed E-state index contributed by atoms with van der Waals surface area (Å²) in [7, 11) is 3.11. The van der Waals surface area contributed by atoms with Crippen molar-refractivity contribution < 1.29 is 19.0 Å². The lowest BCUT2D eigenvalue weighted by atomic mass is 9.99. The molecule has 1 aliphatic rings. The van der Waals surface area contributed by atoms with E-state index in [9.17, 15) is 9.59 Å². The summed E-state index contributed by atoms with van der Waals surface area (Å²) in [6.07, 6.45) is 7.39. The van der Waals surface area contributed by atoms with Crippen LogP contribution in [0.1, 0.15) is 17.3 Å². The Morgan fingerprint density at radius 1 is 1.16 bits per heavy atom. The molecule has 1 fully saturated rings. The summed E-state index contributed by atoms with van der Waals surface area (Å²) in [4.78, 5) is 30.8. The summed E-state index contributed by atoms with van der Waals surface area (Å²) >= 11 is 0. The molecule has 2 aromatic heterocycles.